The molecule has 0 aliphatic carbocycles. The number of aryl methyl sites for hydroxylation is 1. The van der Waals surface area contributed by atoms with E-state index < -0.39 is 0 Å². The van der Waals surface area contributed by atoms with Gasteiger partial charge in [-0.25, -0.2) is 0 Å². The fourth-order valence-electron chi connectivity index (χ4n) is 1.14. The Morgan fingerprint density at radius 2 is 1.75 bits per heavy atom. The van der Waals surface area contributed by atoms with E-state index >= 15 is 0 Å². The number of rotatable bonds is 1. The zero-order chi connectivity index (χ0) is 9.14. The van der Waals surface area contributed by atoms with Crippen molar-refractivity contribution in [3.05, 3.63) is 41.0 Å². The summed E-state index contributed by atoms with van der Waals surface area (Å²) >= 11 is 0. The Morgan fingerprint density at radius 3 is 2.25 bits per heavy atom. The molecule has 0 spiro atoms. The number of nitrogens with two attached hydrogens (primary N) is 1. The maximum absolute atomic E-state index is 5.92. The Labute approximate surface area is 73.9 Å². The van der Waals surface area contributed by atoms with Crippen LogP contribution in [0.25, 0.3) is 5.70 Å². The molecule has 64 valence electrons. The lowest BCUT2D eigenvalue weighted by molar-refractivity contribution is 1.31. The van der Waals surface area contributed by atoms with Gasteiger partial charge >= 0.3 is 0 Å². The van der Waals surface area contributed by atoms with Crippen LogP contribution in [0.5, 0.6) is 0 Å². The SMILES string of the molecule is CC(C)=C(N)c1ccccc1C. The van der Waals surface area contributed by atoms with Gasteiger partial charge in [0.25, 0.3) is 0 Å². The second-order valence-corrected chi connectivity index (χ2v) is 3.23. The van der Waals surface area contributed by atoms with Gasteiger partial charge in [0.1, 0.15) is 0 Å². The normalized spacial score (nSPS) is 9.58. The Morgan fingerprint density at radius 1 is 1.17 bits per heavy atom. The van der Waals surface area contributed by atoms with Gasteiger partial charge < -0.3 is 5.73 Å². The van der Waals surface area contributed by atoms with Crippen LogP contribution in [0, 0.1) is 6.92 Å². The van der Waals surface area contributed by atoms with Gasteiger partial charge in [-0.3, -0.25) is 0 Å². The van der Waals surface area contributed by atoms with Crippen LogP contribution in [0.1, 0.15) is 25.0 Å². The summed E-state index contributed by atoms with van der Waals surface area (Å²) in [5, 5.41) is 0. The van der Waals surface area contributed by atoms with Crippen LogP contribution in [0.2, 0.25) is 0 Å². The summed E-state index contributed by atoms with van der Waals surface area (Å²) in [5.41, 5.74) is 10.4. The number of allylic oxidation sites excluding steroid dienone is 1. The van der Waals surface area contributed by atoms with Crippen LogP contribution in [0.4, 0.5) is 0 Å². The summed E-state index contributed by atoms with van der Waals surface area (Å²) in [5.74, 6) is 0. The van der Waals surface area contributed by atoms with E-state index in [4.69, 9.17) is 5.73 Å². The quantitative estimate of drug-likeness (QED) is 0.673. The summed E-state index contributed by atoms with van der Waals surface area (Å²) in [6, 6.07) is 8.16. The summed E-state index contributed by atoms with van der Waals surface area (Å²) in [4.78, 5) is 0. The van der Waals surface area contributed by atoms with E-state index in [1.165, 1.54) is 11.1 Å². The minimum Gasteiger partial charge on any atom is -0.398 e. The fraction of sp³-hybridized carbons (Fsp3) is 0.273. The van der Waals surface area contributed by atoms with Gasteiger partial charge in [0.05, 0.1) is 0 Å². The molecule has 0 amide bonds. The zero-order valence-electron chi connectivity index (χ0n) is 7.89. The molecule has 0 heterocycles. The Hall–Kier alpha value is -1.24. The molecule has 1 aromatic carbocycles. The molecule has 0 bridgehead atoms. The molecular weight excluding hydrogens is 146 g/mol. The smallest absolute Gasteiger partial charge is 0.0376 e. The second kappa shape index (κ2) is 3.44. The lowest BCUT2D eigenvalue weighted by Crippen LogP contribution is -2.00. The standard InChI is InChI=1S/C11H15N/c1-8(2)11(12)10-7-5-4-6-9(10)3/h4-7H,12H2,1-3H3. The third-order valence-corrected chi connectivity index (χ3v) is 1.97. The maximum Gasteiger partial charge on any atom is 0.0376 e. The van der Waals surface area contributed by atoms with E-state index in [0.717, 1.165) is 11.3 Å². The van der Waals surface area contributed by atoms with Crippen molar-refractivity contribution in [1.29, 1.82) is 0 Å². The first-order valence-electron chi connectivity index (χ1n) is 4.12. The minimum absolute atomic E-state index is 0.896. The lowest BCUT2D eigenvalue weighted by atomic mass is 10.0. The van der Waals surface area contributed by atoms with Crippen LogP contribution < -0.4 is 5.73 Å². The molecule has 0 aliphatic heterocycles. The monoisotopic (exact) mass is 161 g/mol. The van der Waals surface area contributed by atoms with Crippen molar-refractivity contribution in [1.82, 2.24) is 0 Å². The predicted molar refractivity (Wildman–Crippen MR) is 53.6 cm³/mol. The van der Waals surface area contributed by atoms with Crippen LogP contribution in [-0.4, -0.2) is 0 Å². The third kappa shape index (κ3) is 1.67. The summed E-state index contributed by atoms with van der Waals surface area (Å²) in [6.07, 6.45) is 0. The first-order valence-corrected chi connectivity index (χ1v) is 4.12. The number of benzene rings is 1. The van der Waals surface area contributed by atoms with Crippen molar-refractivity contribution in [2.75, 3.05) is 0 Å². The van der Waals surface area contributed by atoms with E-state index in [0.29, 0.717) is 0 Å². The third-order valence-electron chi connectivity index (χ3n) is 1.97. The van der Waals surface area contributed by atoms with Crippen molar-refractivity contribution in [2.45, 2.75) is 20.8 Å². The first-order chi connectivity index (χ1) is 5.63. The van der Waals surface area contributed by atoms with E-state index in [9.17, 15) is 0 Å². The lowest BCUT2D eigenvalue weighted by Gasteiger charge is -2.06. The fourth-order valence-corrected chi connectivity index (χ4v) is 1.14. The van der Waals surface area contributed by atoms with Crippen molar-refractivity contribution in [3.63, 3.8) is 0 Å². The summed E-state index contributed by atoms with van der Waals surface area (Å²) in [6.45, 7) is 6.13. The molecule has 2 N–H and O–H groups in total. The van der Waals surface area contributed by atoms with Gasteiger partial charge in [0.15, 0.2) is 0 Å². The molecule has 0 radical (unpaired) electrons. The van der Waals surface area contributed by atoms with Gasteiger partial charge in [-0.05, 0) is 26.3 Å². The zero-order valence-corrected chi connectivity index (χ0v) is 7.89. The summed E-state index contributed by atoms with van der Waals surface area (Å²) in [7, 11) is 0. The Kier molecular flexibility index (Phi) is 2.54. The molecule has 0 saturated heterocycles. The molecule has 1 rings (SSSR count). The van der Waals surface area contributed by atoms with Gasteiger partial charge in [0, 0.05) is 11.3 Å². The van der Waals surface area contributed by atoms with Crippen molar-refractivity contribution < 1.29 is 0 Å². The Balaban J connectivity index is 3.21. The highest BCUT2D eigenvalue weighted by molar-refractivity contribution is 5.67. The second-order valence-electron chi connectivity index (χ2n) is 3.23. The van der Waals surface area contributed by atoms with E-state index in [1.54, 1.807) is 0 Å². The number of hydrogen-bond donors (Lipinski definition) is 1. The molecule has 1 nitrogen and oxygen atoms in total. The van der Waals surface area contributed by atoms with E-state index in [2.05, 4.69) is 19.1 Å². The molecule has 0 aliphatic rings. The van der Waals surface area contributed by atoms with Crippen molar-refractivity contribution >= 4 is 5.70 Å². The first kappa shape index (κ1) is 8.85. The average Bonchev–Trinajstić information content (AvgIpc) is 2.04. The molecule has 0 atom stereocenters. The average molecular weight is 161 g/mol. The van der Waals surface area contributed by atoms with Gasteiger partial charge in [-0.2, -0.15) is 0 Å². The van der Waals surface area contributed by atoms with Crippen molar-refractivity contribution in [2.24, 2.45) is 5.73 Å². The van der Waals surface area contributed by atoms with Crippen LogP contribution in [0.15, 0.2) is 29.8 Å². The Bertz CT molecular complexity index is 307. The molecule has 0 fully saturated rings. The highest BCUT2D eigenvalue weighted by atomic mass is 14.6. The van der Waals surface area contributed by atoms with Gasteiger partial charge in [-0.15, -0.1) is 0 Å². The van der Waals surface area contributed by atoms with E-state index in [-0.39, 0.29) is 0 Å². The van der Waals surface area contributed by atoms with Gasteiger partial charge in [0.2, 0.25) is 0 Å². The molecule has 0 saturated carbocycles. The number of hydrogen-bond acceptors (Lipinski definition) is 1. The topological polar surface area (TPSA) is 26.0 Å². The maximum atomic E-state index is 5.92. The summed E-state index contributed by atoms with van der Waals surface area (Å²) < 4.78 is 0. The molecule has 0 unspecified atom stereocenters. The largest absolute Gasteiger partial charge is 0.398 e. The molecule has 1 heteroatoms. The highest BCUT2D eigenvalue weighted by Gasteiger charge is 2.00. The van der Waals surface area contributed by atoms with Crippen molar-refractivity contribution in [3.8, 4) is 0 Å². The van der Waals surface area contributed by atoms with E-state index in [1.807, 2.05) is 26.0 Å². The predicted octanol–water partition coefficient (Wildman–Crippen LogP) is 2.70. The molecule has 12 heavy (non-hydrogen) atoms. The van der Waals surface area contributed by atoms with Crippen LogP contribution in [0.3, 0.4) is 0 Å². The molecular formula is C11H15N. The minimum atomic E-state index is 0.896. The van der Waals surface area contributed by atoms with Crippen LogP contribution in [-0.2, 0) is 0 Å². The van der Waals surface area contributed by atoms with Gasteiger partial charge in [-0.1, -0.05) is 29.8 Å². The van der Waals surface area contributed by atoms with Crippen LogP contribution >= 0.6 is 0 Å². The molecule has 0 aromatic heterocycles. The highest BCUT2D eigenvalue weighted by Crippen LogP contribution is 2.16. The molecule has 1 aromatic rings.